The number of allylic oxidation sites excluding steroid dienone is 3. The summed E-state index contributed by atoms with van der Waals surface area (Å²) in [5, 5.41) is 17.7. The predicted molar refractivity (Wildman–Crippen MR) is 102 cm³/mol. The molecular formula is C21H38O3. The molecule has 0 heterocycles. The number of carboxylic acid groups (broad SMARTS) is 1. The lowest BCUT2D eigenvalue weighted by Gasteiger charge is -2.04. The Kier molecular flexibility index (Phi) is 17.4. The Bertz CT molecular complexity index is 323. The van der Waals surface area contributed by atoms with Crippen LogP contribution < -0.4 is 0 Å². The quantitative estimate of drug-likeness (QED) is 0.237. The van der Waals surface area contributed by atoms with Gasteiger partial charge in [0.2, 0.25) is 0 Å². The summed E-state index contributed by atoms with van der Waals surface area (Å²) in [5.74, 6) is -1.10. The highest BCUT2D eigenvalue weighted by molar-refractivity contribution is 5.71. The van der Waals surface area contributed by atoms with Crippen molar-refractivity contribution in [3.63, 3.8) is 0 Å². The van der Waals surface area contributed by atoms with Crippen molar-refractivity contribution < 1.29 is 15.0 Å². The molecule has 0 rings (SSSR count). The van der Waals surface area contributed by atoms with Crippen molar-refractivity contribution in [1.29, 1.82) is 0 Å². The van der Waals surface area contributed by atoms with Gasteiger partial charge in [0, 0.05) is 0 Å². The van der Waals surface area contributed by atoms with Crippen LogP contribution >= 0.6 is 0 Å². The van der Waals surface area contributed by atoms with E-state index in [4.69, 9.17) is 10.2 Å². The van der Waals surface area contributed by atoms with Crippen LogP contribution in [0.3, 0.4) is 0 Å². The summed E-state index contributed by atoms with van der Waals surface area (Å²) < 4.78 is 0. The topological polar surface area (TPSA) is 57.5 Å². The SMILES string of the molecule is C=CCCCCCCC=CCCCCCCCCCC(O)C(=O)O. The van der Waals surface area contributed by atoms with Gasteiger partial charge in [-0.3, -0.25) is 0 Å². The second kappa shape index (κ2) is 18.3. The molecule has 0 aromatic rings. The molecule has 0 aliphatic rings. The highest BCUT2D eigenvalue weighted by Crippen LogP contribution is 2.11. The lowest BCUT2D eigenvalue weighted by atomic mass is 10.1. The molecular weight excluding hydrogens is 300 g/mol. The molecule has 3 heteroatoms. The second-order valence-corrected chi connectivity index (χ2v) is 6.66. The van der Waals surface area contributed by atoms with Crippen LogP contribution in [-0.4, -0.2) is 22.3 Å². The number of carboxylic acids is 1. The van der Waals surface area contributed by atoms with Crippen LogP contribution in [-0.2, 0) is 4.79 Å². The van der Waals surface area contributed by atoms with Gasteiger partial charge in [-0.25, -0.2) is 4.79 Å². The number of hydrogen-bond donors (Lipinski definition) is 2. The summed E-state index contributed by atoms with van der Waals surface area (Å²) in [5.41, 5.74) is 0. The highest BCUT2D eigenvalue weighted by Gasteiger charge is 2.11. The van der Waals surface area contributed by atoms with Crippen LogP contribution in [0.1, 0.15) is 96.3 Å². The van der Waals surface area contributed by atoms with E-state index in [1.54, 1.807) is 0 Å². The first kappa shape index (κ1) is 22.9. The molecule has 2 N–H and O–H groups in total. The minimum atomic E-state index is -1.18. The maximum Gasteiger partial charge on any atom is 0.332 e. The molecule has 0 aliphatic carbocycles. The first-order valence-corrected chi connectivity index (χ1v) is 9.85. The van der Waals surface area contributed by atoms with E-state index in [1.807, 2.05) is 6.08 Å². The Balaban J connectivity index is 3.15. The predicted octanol–water partition coefficient (Wildman–Crippen LogP) is 6.03. The third-order valence-electron chi connectivity index (χ3n) is 4.33. The molecule has 0 spiro atoms. The van der Waals surface area contributed by atoms with Crippen LogP contribution in [0.25, 0.3) is 0 Å². The van der Waals surface area contributed by atoms with Gasteiger partial charge in [-0.1, -0.05) is 69.6 Å². The average molecular weight is 339 g/mol. The third-order valence-corrected chi connectivity index (χ3v) is 4.33. The van der Waals surface area contributed by atoms with Crippen molar-refractivity contribution in [2.24, 2.45) is 0 Å². The van der Waals surface area contributed by atoms with Gasteiger partial charge >= 0.3 is 5.97 Å². The fourth-order valence-corrected chi connectivity index (χ4v) is 2.75. The zero-order chi connectivity index (χ0) is 17.9. The molecule has 0 aromatic heterocycles. The standard InChI is InChI=1S/C21H38O3/c1-2-3-4-5-6-7-8-9-10-11-12-13-14-15-16-17-18-19-20(22)21(23)24/h2,9-10,20,22H,1,3-8,11-19H2,(H,23,24). The molecule has 3 nitrogen and oxygen atoms in total. The molecule has 0 saturated heterocycles. The fourth-order valence-electron chi connectivity index (χ4n) is 2.75. The van der Waals surface area contributed by atoms with Crippen molar-refractivity contribution >= 4 is 5.97 Å². The summed E-state index contributed by atoms with van der Waals surface area (Å²) in [4.78, 5) is 10.4. The van der Waals surface area contributed by atoms with Gasteiger partial charge in [-0.05, 0) is 44.9 Å². The second-order valence-electron chi connectivity index (χ2n) is 6.66. The van der Waals surface area contributed by atoms with Gasteiger partial charge in [0.05, 0.1) is 0 Å². The first-order chi connectivity index (χ1) is 11.7. The summed E-state index contributed by atoms with van der Waals surface area (Å²) in [7, 11) is 0. The van der Waals surface area contributed by atoms with Crippen molar-refractivity contribution in [3.8, 4) is 0 Å². The van der Waals surface area contributed by atoms with Crippen molar-refractivity contribution in [3.05, 3.63) is 24.8 Å². The Morgan fingerprint density at radius 2 is 1.17 bits per heavy atom. The molecule has 140 valence electrons. The van der Waals surface area contributed by atoms with Crippen molar-refractivity contribution in [2.75, 3.05) is 0 Å². The van der Waals surface area contributed by atoms with E-state index in [2.05, 4.69) is 18.7 Å². The van der Waals surface area contributed by atoms with E-state index in [-0.39, 0.29) is 0 Å². The van der Waals surface area contributed by atoms with E-state index >= 15 is 0 Å². The van der Waals surface area contributed by atoms with Gasteiger partial charge in [0.15, 0.2) is 6.10 Å². The Morgan fingerprint density at radius 3 is 1.62 bits per heavy atom. The molecule has 1 atom stereocenters. The van der Waals surface area contributed by atoms with Gasteiger partial charge in [0.1, 0.15) is 0 Å². The molecule has 0 bridgehead atoms. The minimum Gasteiger partial charge on any atom is -0.479 e. The average Bonchev–Trinajstić information content (AvgIpc) is 2.57. The van der Waals surface area contributed by atoms with E-state index in [0.717, 1.165) is 25.7 Å². The molecule has 0 radical (unpaired) electrons. The van der Waals surface area contributed by atoms with E-state index in [1.165, 1.54) is 64.2 Å². The van der Waals surface area contributed by atoms with Gasteiger partial charge in [0.25, 0.3) is 0 Å². The molecule has 1 unspecified atom stereocenters. The number of rotatable bonds is 18. The lowest BCUT2D eigenvalue weighted by Crippen LogP contribution is -2.18. The van der Waals surface area contributed by atoms with Crippen LogP contribution in [0.5, 0.6) is 0 Å². The fraction of sp³-hybridized carbons (Fsp3) is 0.762. The minimum absolute atomic E-state index is 0.383. The van der Waals surface area contributed by atoms with E-state index in [9.17, 15) is 4.79 Å². The van der Waals surface area contributed by atoms with Gasteiger partial charge in [-0.2, -0.15) is 0 Å². The molecule has 0 saturated carbocycles. The van der Waals surface area contributed by atoms with Crippen LogP contribution in [0.15, 0.2) is 24.8 Å². The largest absolute Gasteiger partial charge is 0.479 e. The number of aliphatic carboxylic acids is 1. The van der Waals surface area contributed by atoms with E-state index in [0.29, 0.717) is 6.42 Å². The molecule has 0 aromatic carbocycles. The Morgan fingerprint density at radius 1 is 0.750 bits per heavy atom. The number of aliphatic hydroxyl groups is 1. The summed E-state index contributed by atoms with van der Waals surface area (Å²) >= 11 is 0. The molecule has 0 fully saturated rings. The van der Waals surface area contributed by atoms with Gasteiger partial charge in [-0.15, -0.1) is 6.58 Å². The van der Waals surface area contributed by atoms with Gasteiger partial charge < -0.3 is 10.2 Å². The summed E-state index contributed by atoms with van der Waals surface area (Å²) in [6.45, 7) is 3.74. The Hall–Kier alpha value is -1.09. The highest BCUT2D eigenvalue weighted by atomic mass is 16.4. The molecule has 0 aliphatic heterocycles. The first-order valence-electron chi connectivity index (χ1n) is 9.85. The number of unbranched alkanes of at least 4 members (excludes halogenated alkanes) is 12. The van der Waals surface area contributed by atoms with Crippen LogP contribution in [0, 0.1) is 0 Å². The smallest absolute Gasteiger partial charge is 0.332 e. The van der Waals surface area contributed by atoms with Crippen molar-refractivity contribution in [2.45, 2.75) is 102 Å². The monoisotopic (exact) mass is 338 g/mol. The molecule has 0 amide bonds. The number of hydrogen-bond acceptors (Lipinski definition) is 2. The zero-order valence-electron chi connectivity index (χ0n) is 15.4. The summed E-state index contributed by atoms with van der Waals surface area (Å²) in [6, 6.07) is 0. The molecule has 24 heavy (non-hydrogen) atoms. The summed E-state index contributed by atoms with van der Waals surface area (Å²) in [6.07, 6.45) is 22.7. The normalized spacial score (nSPS) is 12.5. The third kappa shape index (κ3) is 17.3. The lowest BCUT2D eigenvalue weighted by molar-refractivity contribution is -0.146. The Labute approximate surface area is 148 Å². The van der Waals surface area contributed by atoms with Crippen molar-refractivity contribution in [1.82, 2.24) is 0 Å². The zero-order valence-corrected chi connectivity index (χ0v) is 15.4. The van der Waals surface area contributed by atoms with Crippen LogP contribution in [0.4, 0.5) is 0 Å². The van der Waals surface area contributed by atoms with Crippen LogP contribution in [0.2, 0.25) is 0 Å². The maximum atomic E-state index is 10.4. The van der Waals surface area contributed by atoms with E-state index < -0.39 is 12.1 Å². The maximum absolute atomic E-state index is 10.4. The number of carbonyl (C=O) groups is 1. The number of aliphatic hydroxyl groups excluding tert-OH is 1.